The number of nitrogens with two attached hydrogens (primary N) is 1. The van der Waals surface area contributed by atoms with Crippen LogP contribution in [-0.4, -0.2) is 40.9 Å². The van der Waals surface area contributed by atoms with Crippen LogP contribution in [0.5, 0.6) is 5.75 Å². The molecule has 7 heteroatoms. The average molecular weight is 366 g/mol. The summed E-state index contributed by atoms with van der Waals surface area (Å²) < 4.78 is 12.9. The fraction of sp³-hybridized carbons (Fsp3) is 0.350. The number of pyridine rings is 1. The molecule has 1 aliphatic rings. The first-order chi connectivity index (χ1) is 13.1. The number of Topliss-reactive ketones (excluding diaryl/α,β-unsaturated/α-hetero) is 1. The summed E-state index contributed by atoms with van der Waals surface area (Å²) in [4.78, 5) is 16.7. The Hall–Kier alpha value is -2.93. The van der Waals surface area contributed by atoms with E-state index in [1.165, 1.54) is 0 Å². The third kappa shape index (κ3) is 3.64. The summed E-state index contributed by atoms with van der Waals surface area (Å²) in [6, 6.07) is 9.27. The summed E-state index contributed by atoms with van der Waals surface area (Å²) in [5.74, 6) is 0.884. The van der Waals surface area contributed by atoms with Crippen LogP contribution in [0.25, 0.3) is 10.9 Å². The van der Waals surface area contributed by atoms with E-state index in [4.69, 9.17) is 20.3 Å². The monoisotopic (exact) mass is 366 g/mol. The molecule has 140 valence electrons. The number of carbonyl (C=O) groups excluding carboxylic acids is 1. The molecule has 3 heterocycles. The predicted octanol–water partition coefficient (Wildman–Crippen LogP) is 2.80. The highest BCUT2D eigenvalue weighted by molar-refractivity contribution is 5.97. The van der Waals surface area contributed by atoms with Crippen LogP contribution in [0.15, 0.2) is 36.5 Å². The Kier molecular flexibility index (Phi) is 4.77. The number of anilines is 1. The van der Waals surface area contributed by atoms with Gasteiger partial charge in [-0.2, -0.15) is 5.10 Å². The number of carbonyl (C=O) groups is 1. The summed E-state index contributed by atoms with van der Waals surface area (Å²) in [6.07, 6.45) is 4.14. The average Bonchev–Trinajstić information content (AvgIpc) is 3.11. The Balaban J connectivity index is 1.64. The zero-order valence-electron chi connectivity index (χ0n) is 15.2. The van der Waals surface area contributed by atoms with E-state index in [9.17, 15) is 4.79 Å². The topological polar surface area (TPSA) is 92.3 Å². The van der Waals surface area contributed by atoms with Crippen molar-refractivity contribution in [3.05, 3.63) is 47.8 Å². The number of ether oxygens (including phenoxy) is 2. The number of fused-ring (bicyclic) bond motifs is 1. The maximum atomic E-state index is 12.6. The van der Waals surface area contributed by atoms with Gasteiger partial charge >= 0.3 is 0 Å². The van der Waals surface area contributed by atoms with Crippen molar-refractivity contribution in [1.29, 1.82) is 0 Å². The lowest BCUT2D eigenvalue weighted by molar-refractivity contribution is 0.0664. The van der Waals surface area contributed by atoms with Gasteiger partial charge in [-0.05, 0) is 31.0 Å². The molecule has 0 spiro atoms. The molecule has 3 aromatic rings. The molecule has 1 aliphatic heterocycles. The molecule has 2 aromatic heterocycles. The summed E-state index contributed by atoms with van der Waals surface area (Å²) in [5, 5.41) is 5.69. The van der Waals surface area contributed by atoms with Crippen LogP contribution >= 0.6 is 0 Å². The van der Waals surface area contributed by atoms with Gasteiger partial charge in [0, 0.05) is 42.8 Å². The highest BCUT2D eigenvalue weighted by Gasteiger charge is 2.19. The van der Waals surface area contributed by atoms with Crippen LogP contribution in [0.2, 0.25) is 0 Å². The molecule has 0 amide bonds. The van der Waals surface area contributed by atoms with Crippen LogP contribution in [0.1, 0.15) is 34.9 Å². The first-order valence-electron chi connectivity index (χ1n) is 9.03. The molecule has 1 aromatic carbocycles. The van der Waals surface area contributed by atoms with Crippen molar-refractivity contribution in [3.63, 3.8) is 0 Å². The van der Waals surface area contributed by atoms with E-state index < -0.39 is 0 Å². The summed E-state index contributed by atoms with van der Waals surface area (Å²) >= 11 is 0. The number of benzene rings is 1. The molecular weight excluding hydrogens is 344 g/mol. The van der Waals surface area contributed by atoms with Gasteiger partial charge in [-0.15, -0.1) is 0 Å². The van der Waals surface area contributed by atoms with Gasteiger partial charge in [0.15, 0.2) is 5.78 Å². The summed E-state index contributed by atoms with van der Waals surface area (Å²) in [7, 11) is 1.60. The second-order valence-electron chi connectivity index (χ2n) is 6.72. The van der Waals surface area contributed by atoms with Crippen molar-refractivity contribution in [3.8, 4) is 5.75 Å². The predicted molar refractivity (Wildman–Crippen MR) is 102 cm³/mol. The second-order valence-corrected chi connectivity index (χ2v) is 6.72. The number of hydrogen-bond acceptors (Lipinski definition) is 6. The Morgan fingerprint density at radius 1 is 1.33 bits per heavy atom. The van der Waals surface area contributed by atoms with E-state index in [0.29, 0.717) is 23.3 Å². The molecule has 4 rings (SSSR count). The van der Waals surface area contributed by atoms with Crippen molar-refractivity contribution in [2.24, 2.45) is 0 Å². The standard InChI is InChI=1S/C20H22N4O3/c1-26-19-11-17-14(12-24(23-17)15-5-7-27-8-6-15)9-13(19)10-18(25)16-3-2-4-20(21)22-16/h2-4,9,11-12,15H,5-8,10H2,1H3,(H2,21,22). The fourth-order valence-electron chi connectivity index (χ4n) is 3.45. The van der Waals surface area contributed by atoms with Gasteiger partial charge < -0.3 is 15.2 Å². The quantitative estimate of drug-likeness (QED) is 0.698. The van der Waals surface area contributed by atoms with E-state index in [1.807, 2.05) is 23.0 Å². The normalized spacial score (nSPS) is 15.1. The Morgan fingerprint density at radius 2 is 2.15 bits per heavy atom. The van der Waals surface area contributed by atoms with Gasteiger partial charge in [0.2, 0.25) is 0 Å². The lowest BCUT2D eigenvalue weighted by atomic mass is 10.0. The minimum atomic E-state index is -0.100. The van der Waals surface area contributed by atoms with Crippen LogP contribution < -0.4 is 10.5 Å². The van der Waals surface area contributed by atoms with Gasteiger partial charge in [-0.25, -0.2) is 4.98 Å². The number of ketones is 1. The maximum absolute atomic E-state index is 12.6. The van der Waals surface area contributed by atoms with Crippen LogP contribution in [0.4, 0.5) is 5.82 Å². The van der Waals surface area contributed by atoms with Gasteiger partial charge in [0.05, 0.1) is 18.7 Å². The zero-order chi connectivity index (χ0) is 18.8. The molecule has 0 aliphatic carbocycles. The largest absolute Gasteiger partial charge is 0.496 e. The second kappa shape index (κ2) is 7.36. The SMILES string of the molecule is COc1cc2nn(C3CCOCC3)cc2cc1CC(=O)c1cccc(N)n1. The van der Waals surface area contributed by atoms with Crippen molar-refractivity contribution >= 4 is 22.5 Å². The van der Waals surface area contributed by atoms with Gasteiger partial charge in [0.25, 0.3) is 0 Å². The molecule has 0 radical (unpaired) electrons. The highest BCUT2D eigenvalue weighted by atomic mass is 16.5. The van der Waals surface area contributed by atoms with Gasteiger partial charge in [-0.1, -0.05) is 6.07 Å². The molecule has 27 heavy (non-hydrogen) atoms. The zero-order valence-corrected chi connectivity index (χ0v) is 15.2. The van der Waals surface area contributed by atoms with E-state index in [1.54, 1.807) is 25.3 Å². The third-order valence-corrected chi connectivity index (χ3v) is 4.90. The minimum absolute atomic E-state index is 0.100. The minimum Gasteiger partial charge on any atom is -0.496 e. The van der Waals surface area contributed by atoms with Crippen LogP contribution in [-0.2, 0) is 11.2 Å². The van der Waals surface area contributed by atoms with Crippen LogP contribution in [0, 0.1) is 0 Å². The van der Waals surface area contributed by atoms with E-state index in [-0.39, 0.29) is 12.2 Å². The molecule has 2 N–H and O–H groups in total. The number of aromatic nitrogens is 3. The first kappa shape index (κ1) is 17.5. The van der Waals surface area contributed by atoms with E-state index in [0.717, 1.165) is 42.5 Å². The number of nitrogens with zero attached hydrogens (tertiary/aromatic N) is 3. The van der Waals surface area contributed by atoms with Crippen molar-refractivity contribution in [2.45, 2.75) is 25.3 Å². The molecule has 1 fully saturated rings. The molecule has 7 nitrogen and oxygen atoms in total. The lowest BCUT2D eigenvalue weighted by Gasteiger charge is -2.22. The summed E-state index contributed by atoms with van der Waals surface area (Å²) in [6.45, 7) is 1.52. The Bertz CT molecular complexity index is 977. The van der Waals surface area contributed by atoms with Gasteiger partial charge in [-0.3, -0.25) is 9.48 Å². The lowest BCUT2D eigenvalue weighted by Crippen LogP contribution is -2.19. The van der Waals surface area contributed by atoms with E-state index in [2.05, 4.69) is 4.98 Å². The Labute approximate surface area is 157 Å². The van der Waals surface area contributed by atoms with E-state index >= 15 is 0 Å². The molecule has 0 atom stereocenters. The van der Waals surface area contributed by atoms with Crippen molar-refractivity contribution in [1.82, 2.24) is 14.8 Å². The summed E-state index contributed by atoms with van der Waals surface area (Å²) in [5.41, 5.74) is 7.71. The fourth-order valence-corrected chi connectivity index (χ4v) is 3.45. The smallest absolute Gasteiger partial charge is 0.185 e. The number of methoxy groups -OCH3 is 1. The number of nitrogen functional groups attached to an aromatic ring is 1. The highest BCUT2D eigenvalue weighted by Crippen LogP contribution is 2.29. The van der Waals surface area contributed by atoms with Crippen molar-refractivity contribution in [2.75, 3.05) is 26.1 Å². The maximum Gasteiger partial charge on any atom is 0.185 e. The van der Waals surface area contributed by atoms with Crippen molar-refractivity contribution < 1.29 is 14.3 Å². The number of hydrogen-bond donors (Lipinski definition) is 1. The third-order valence-electron chi connectivity index (χ3n) is 4.90. The Morgan fingerprint density at radius 3 is 2.89 bits per heavy atom. The molecule has 0 saturated carbocycles. The first-order valence-corrected chi connectivity index (χ1v) is 9.03. The van der Waals surface area contributed by atoms with Gasteiger partial charge in [0.1, 0.15) is 17.3 Å². The molecular formula is C20H22N4O3. The number of rotatable bonds is 5. The molecule has 0 bridgehead atoms. The van der Waals surface area contributed by atoms with Crippen LogP contribution in [0.3, 0.4) is 0 Å². The molecule has 0 unspecified atom stereocenters. The molecule has 1 saturated heterocycles.